The van der Waals surface area contributed by atoms with Crippen LogP contribution in [0.25, 0.3) is 0 Å². The van der Waals surface area contributed by atoms with E-state index < -0.39 is 60.7 Å². The number of carboxylic acid groups (broad SMARTS) is 1. The van der Waals surface area contributed by atoms with Crippen molar-refractivity contribution in [2.45, 2.75) is 45.4 Å². The second-order valence-corrected chi connectivity index (χ2v) is 9.37. The van der Waals surface area contributed by atoms with E-state index in [2.05, 4.69) is 16.0 Å². The Balaban J connectivity index is 1.74. The van der Waals surface area contributed by atoms with Gasteiger partial charge < -0.3 is 35.4 Å². The lowest BCUT2D eigenvalue weighted by Gasteiger charge is -2.20. The van der Waals surface area contributed by atoms with Crippen molar-refractivity contribution in [3.63, 3.8) is 0 Å². The molecule has 1 atom stereocenters. The van der Waals surface area contributed by atoms with Crippen LogP contribution in [0.4, 0.5) is 14.4 Å². The summed E-state index contributed by atoms with van der Waals surface area (Å²) in [5, 5.41) is 16.3. The molecule has 1 saturated heterocycles. The van der Waals surface area contributed by atoms with Crippen LogP contribution in [-0.2, 0) is 30.5 Å². The molecular weight excluding hydrogens is 502 g/mol. The van der Waals surface area contributed by atoms with Crippen LogP contribution in [0.3, 0.4) is 0 Å². The summed E-state index contributed by atoms with van der Waals surface area (Å²) in [7, 11) is 0. The Hall–Kier alpha value is -4.36. The van der Waals surface area contributed by atoms with Gasteiger partial charge in [-0.05, 0) is 32.8 Å². The molecule has 0 unspecified atom stereocenters. The Kier molecular flexibility index (Phi) is 10.9. The van der Waals surface area contributed by atoms with Crippen molar-refractivity contribution in [2.24, 2.45) is 0 Å². The molecule has 208 valence electrons. The summed E-state index contributed by atoms with van der Waals surface area (Å²) in [6.45, 7) is 4.14. The first-order chi connectivity index (χ1) is 17.9. The number of ether oxygens (including phenoxy) is 2. The van der Waals surface area contributed by atoms with E-state index >= 15 is 0 Å². The number of carbonyl (C=O) groups excluding carboxylic acids is 5. The number of nitrogens with zero attached hydrogens (tertiary/aromatic N) is 2. The largest absolute Gasteiger partial charge is 0.480 e. The average Bonchev–Trinajstić information content (AvgIpc) is 3.10. The number of aliphatic carboxylic acids is 1. The van der Waals surface area contributed by atoms with Gasteiger partial charge in [0.2, 0.25) is 5.91 Å². The Morgan fingerprint density at radius 1 is 1.05 bits per heavy atom. The van der Waals surface area contributed by atoms with Crippen LogP contribution in [0.1, 0.15) is 32.8 Å². The Labute approximate surface area is 219 Å². The van der Waals surface area contributed by atoms with E-state index in [1.54, 1.807) is 51.1 Å². The summed E-state index contributed by atoms with van der Waals surface area (Å²) in [4.78, 5) is 74.1. The van der Waals surface area contributed by atoms with E-state index in [4.69, 9.17) is 9.47 Å². The molecule has 0 saturated carbocycles. The molecule has 0 aliphatic carbocycles. The minimum Gasteiger partial charge on any atom is -0.480 e. The van der Waals surface area contributed by atoms with Crippen LogP contribution in [0.2, 0.25) is 0 Å². The number of benzene rings is 1. The number of amides is 6. The molecule has 1 aliphatic heterocycles. The third kappa shape index (κ3) is 10.3. The summed E-state index contributed by atoms with van der Waals surface area (Å²) in [6.07, 6.45) is -1.24. The standard InChI is InChI=1S/C24H33N5O9/c1-24(2,3)38-21(34)25-10-7-11-28-14-19(31)29(23(28)36)13-18(30)26-12-17(20(32)33)27-22(35)37-15-16-8-5-4-6-9-16/h4-6,8-9,17H,7,10-15H2,1-3H3,(H,25,34)(H,26,30)(H,27,35)(H,32,33)/t17-/m0/s1. The highest BCUT2D eigenvalue weighted by atomic mass is 16.6. The molecule has 0 radical (unpaired) electrons. The lowest BCUT2D eigenvalue weighted by molar-refractivity contribution is -0.139. The first-order valence-electron chi connectivity index (χ1n) is 11.9. The van der Waals surface area contributed by atoms with Gasteiger partial charge in [0.1, 0.15) is 31.3 Å². The van der Waals surface area contributed by atoms with Gasteiger partial charge in [0, 0.05) is 19.6 Å². The third-order valence-electron chi connectivity index (χ3n) is 5.01. The Morgan fingerprint density at radius 3 is 2.37 bits per heavy atom. The fraction of sp³-hybridized carbons (Fsp3) is 0.500. The zero-order valence-corrected chi connectivity index (χ0v) is 21.5. The number of carboxylic acids is 1. The van der Waals surface area contributed by atoms with Crippen LogP contribution in [0, 0.1) is 0 Å². The van der Waals surface area contributed by atoms with Crippen molar-refractivity contribution < 1.29 is 43.3 Å². The number of carbonyl (C=O) groups is 6. The highest BCUT2D eigenvalue weighted by molar-refractivity contribution is 6.04. The molecular formula is C24H33N5O9. The van der Waals surface area contributed by atoms with Gasteiger partial charge >= 0.3 is 24.2 Å². The Morgan fingerprint density at radius 2 is 1.74 bits per heavy atom. The summed E-state index contributed by atoms with van der Waals surface area (Å²) in [5.41, 5.74) is 0.0606. The highest BCUT2D eigenvalue weighted by Gasteiger charge is 2.37. The van der Waals surface area contributed by atoms with E-state index in [0.717, 1.165) is 4.90 Å². The van der Waals surface area contributed by atoms with Crippen molar-refractivity contribution in [3.05, 3.63) is 35.9 Å². The summed E-state index contributed by atoms with van der Waals surface area (Å²) >= 11 is 0. The van der Waals surface area contributed by atoms with Gasteiger partial charge in [0.15, 0.2) is 0 Å². The quantitative estimate of drug-likeness (QED) is 0.221. The number of alkyl carbamates (subject to hydrolysis) is 2. The maximum atomic E-state index is 12.5. The van der Waals surface area contributed by atoms with Gasteiger partial charge in [0.25, 0.3) is 5.91 Å². The van der Waals surface area contributed by atoms with Gasteiger partial charge in [-0.25, -0.2) is 19.2 Å². The molecule has 1 aliphatic rings. The van der Waals surface area contributed by atoms with E-state index in [0.29, 0.717) is 12.0 Å². The zero-order chi connectivity index (χ0) is 28.3. The molecule has 6 amide bonds. The number of hydrogen-bond acceptors (Lipinski definition) is 8. The first-order valence-corrected chi connectivity index (χ1v) is 11.9. The van der Waals surface area contributed by atoms with Gasteiger partial charge in [-0.3, -0.25) is 14.5 Å². The summed E-state index contributed by atoms with van der Waals surface area (Å²) in [5.74, 6) is -2.80. The van der Waals surface area contributed by atoms with Gasteiger partial charge in [0.05, 0.1) is 0 Å². The molecule has 1 heterocycles. The highest BCUT2D eigenvalue weighted by Crippen LogP contribution is 2.11. The van der Waals surface area contributed by atoms with Crippen LogP contribution < -0.4 is 16.0 Å². The van der Waals surface area contributed by atoms with Gasteiger partial charge in [-0.15, -0.1) is 0 Å². The Bertz CT molecular complexity index is 1030. The number of nitrogens with one attached hydrogen (secondary N) is 3. The van der Waals surface area contributed by atoms with Crippen molar-refractivity contribution in [1.29, 1.82) is 0 Å². The molecule has 1 aromatic rings. The van der Waals surface area contributed by atoms with Gasteiger partial charge in [-0.1, -0.05) is 30.3 Å². The number of imide groups is 1. The lowest BCUT2D eigenvalue weighted by Crippen LogP contribution is -2.50. The minimum absolute atomic E-state index is 0.0713. The predicted molar refractivity (Wildman–Crippen MR) is 132 cm³/mol. The van der Waals surface area contributed by atoms with Crippen LogP contribution >= 0.6 is 0 Å². The van der Waals surface area contributed by atoms with Crippen LogP contribution in [-0.4, -0.2) is 95.3 Å². The first kappa shape index (κ1) is 29.9. The van der Waals surface area contributed by atoms with Gasteiger partial charge in [-0.2, -0.15) is 0 Å². The fourth-order valence-electron chi connectivity index (χ4n) is 3.22. The van der Waals surface area contributed by atoms with Crippen LogP contribution in [0.5, 0.6) is 0 Å². The number of urea groups is 1. The smallest absolute Gasteiger partial charge is 0.408 e. The fourth-order valence-corrected chi connectivity index (χ4v) is 3.22. The topological polar surface area (TPSA) is 184 Å². The molecule has 0 bridgehead atoms. The van der Waals surface area contributed by atoms with E-state index in [-0.39, 0.29) is 26.2 Å². The SMILES string of the molecule is CC(C)(C)OC(=O)NCCCN1CC(=O)N(CC(=O)NC[C@H](NC(=O)OCc2ccccc2)C(=O)O)C1=O. The lowest BCUT2D eigenvalue weighted by atomic mass is 10.2. The van der Waals surface area contributed by atoms with Crippen molar-refractivity contribution in [1.82, 2.24) is 25.8 Å². The van der Waals surface area contributed by atoms with E-state index in [1.807, 2.05) is 0 Å². The van der Waals surface area contributed by atoms with Crippen molar-refractivity contribution >= 4 is 36.0 Å². The normalized spacial score (nSPS) is 14.1. The summed E-state index contributed by atoms with van der Waals surface area (Å²) < 4.78 is 10.1. The number of hydrogen-bond donors (Lipinski definition) is 4. The number of rotatable bonds is 12. The molecule has 0 spiro atoms. The van der Waals surface area contributed by atoms with Crippen molar-refractivity contribution in [3.8, 4) is 0 Å². The zero-order valence-electron chi connectivity index (χ0n) is 21.5. The maximum Gasteiger partial charge on any atom is 0.408 e. The molecule has 1 aromatic carbocycles. The summed E-state index contributed by atoms with van der Waals surface area (Å²) in [6, 6.07) is 6.58. The molecule has 38 heavy (non-hydrogen) atoms. The maximum absolute atomic E-state index is 12.5. The molecule has 4 N–H and O–H groups in total. The van der Waals surface area contributed by atoms with E-state index in [9.17, 15) is 33.9 Å². The average molecular weight is 536 g/mol. The second-order valence-electron chi connectivity index (χ2n) is 9.37. The molecule has 2 rings (SSSR count). The third-order valence-corrected chi connectivity index (χ3v) is 5.01. The van der Waals surface area contributed by atoms with Crippen LogP contribution in [0.15, 0.2) is 30.3 Å². The minimum atomic E-state index is -1.50. The monoisotopic (exact) mass is 535 g/mol. The molecule has 0 aromatic heterocycles. The predicted octanol–water partition coefficient (Wildman–Crippen LogP) is 0.661. The van der Waals surface area contributed by atoms with Crippen molar-refractivity contribution in [2.75, 3.05) is 32.7 Å². The second kappa shape index (κ2) is 13.8. The van der Waals surface area contributed by atoms with E-state index in [1.165, 1.54) is 4.90 Å². The molecule has 14 heteroatoms. The molecule has 1 fully saturated rings. The molecule has 14 nitrogen and oxygen atoms in total.